The molecule has 39 heavy (non-hydrogen) atoms. The molecule has 1 aliphatic rings. The summed E-state index contributed by atoms with van der Waals surface area (Å²) in [5.74, 6) is 0.895. The Labute approximate surface area is 242 Å². The maximum Gasteiger partial charge on any atom is 0.308 e. The van der Waals surface area contributed by atoms with Gasteiger partial charge in [-0.05, 0) is 59.3 Å². The molecule has 0 bridgehead atoms. The van der Waals surface area contributed by atoms with Crippen molar-refractivity contribution in [2.24, 2.45) is 5.73 Å². The summed E-state index contributed by atoms with van der Waals surface area (Å²) in [7, 11) is 3.95. The van der Waals surface area contributed by atoms with Gasteiger partial charge in [0.15, 0.2) is 0 Å². The Kier molecular flexibility index (Phi) is 20.9. The van der Waals surface area contributed by atoms with Gasteiger partial charge in [0, 0.05) is 30.5 Å². The van der Waals surface area contributed by atoms with Crippen LogP contribution in [0.2, 0.25) is 0 Å². The van der Waals surface area contributed by atoms with Crippen LogP contribution in [0, 0.1) is 0 Å². The number of ether oxygens (including phenoxy) is 4. The molecule has 1 saturated heterocycles. The van der Waals surface area contributed by atoms with Crippen molar-refractivity contribution in [2.75, 3.05) is 58.5 Å². The van der Waals surface area contributed by atoms with Gasteiger partial charge < -0.3 is 35.3 Å². The summed E-state index contributed by atoms with van der Waals surface area (Å²) in [6, 6.07) is -0.564. The van der Waals surface area contributed by atoms with Crippen LogP contribution in [0.25, 0.3) is 0 Å². The Morgan fingerprint density at radius 1 is 0.872 bits per heavy atom. The first-order valence-electron chi connectivity index (χ1n) is 14.2. The van der Waals surface area contributed by atoms with Crippen molar-refractivity contribution in [3.63, 3.8) is 0 Å². The van der Waals surface area contributed by atoms with E-state index in [-0.39, 0.29) is 24.2 Å². The van der Waals surface area contributed by atoms with E-state index in [1.807, 2.05) is 42.4 Å². The fourth-order valence-corrected chi connectivity index (χ4v) is 6.65. The highest BCUT2D eigenvalue weighted by atomic mass is 33.1. The Bertz CT molecular complexity index is 674. The van der Waals surface area contributed by atoms with Gasteiger partial charge >= 0.3 is 5.97 Å². The molecule has 2 amide bonds. The lowest BCUT2D eigenvalue weighted by molar-refractivity contribution is -0.156. The van der Waals surface area contributed by atoms with Crippen molar-refractivity contribution < 1.29 is 33.3 Å². The minimum absolute atomic E-state index is 0.111. The van der Waals surface area contributed by atoms with E-state index in [4.69, 9.17) is 24.7 Å². The number of unbranched alkanes of at least 4 members (excludes halogenated alkanes) is 2. The van der Waals surface area contributed by atoms with Crippen molar-refractivity contribution in [3.05, 3.63) is 0 Å². The Balaban J connectivity index is 1.83. The van der Waals surface area contributed by atoms with E-state index in [0.29, 0.717) is 65.6 Å². The number of hydrogen-bond donors (Lipinski definition) is 3. The summed E-state index contributed by atoms with van der Waals surface area (Å²) >= 11 is 0. The normalized spacial score (nSPS) is 16.2. The lowest BCUT2D eigenvalue weighted by Gasteiger charge is -2.19. The summed E-state index contributed by atoms with van der Waals surface area (Å²) in [5.41, 5.74) is 5.48. The van der Waals surface area contributed by atoms with Crippen molar-refractivity contribution in [3.8, 4) is 0 Å². The summed E-state index contributed by atoms with van der Waals surface area (Å²) < 4.78 is 21.4. The van der Waals surface area contributed by atoms with Gasteiger partial charge in [0.05, 0.1) is 52.1 Å². The third kappa shape index (κ3) is 22.3. The molecule has 0 aromatic carbocycles. The van der Waals surface area contributed by atoms with Crippen LogP contribution in [0.4, 0.5) is 0 Å². The Morgan fingerprint density at radius 3 is 2.23 bits per heavy atom. The number of carbonyl (C=O) groups is 3. The molecule has 0 aliphatic carbocycles. The van der Waals surface area contributed by atoms with Crippen LogP contribution in [-0.2, 0) is 33.3 Å². The van der Waals surface area contributed by atoms with E-state index in [9.17, 15) is 14.4 Å². The van der Waals surface area contributed by atoms with Gasteiger partial charge in [-0.1, -0.05) is 28.0 Å². The molecule has 1 aliphatic heterocycles. The maximum absolute atomic E-state index is 12.1. The van der Waals surface area contributed by atoms with Crippen LogP contribution < -0.4 is 16.4 Å². The van der Waals surface area contributed by atoms with E-state index in [0.717, 1.165) is 30.9 Å². The zero-order chi connectivity index (χ0) is 28.8. The van der Waals surface area contributed by atoms with E-state index < -0.39 is 11.6 Å². The molecule has 10 nitrogen and oxygen atoms in total. The predicted molar refractivity (Wildman–Crippen MR) is 158 cm³/mol. The van der Waals surface area contributed by atoms with Crippen LogP contribution in [-0.4, -0.2) is 93.2 Å². The van der Waals surface area contributed by atoms with E-state index in [1.54, 1.807) is 0 Å². The average Bonchev–Trinajstić information content (AvgIpc) is 3.39. The third-order valence-corrected chi connectivity index (χ3v) is 8.68. The van der Waals surface area contributed by atoms with Crippen molar-refractivity contribution in [1.82, 2.24) is 10.6 Å². The van der Waals surface area contributed by atoms with Crippen LogP contribution in [0.1, 0.15) is 78.6 Å². The highest BCUT2D eigenvalue weighted by molar-refractivity contribution is 8.77. The highest BCUT2D eigenvalue weighted by Gasteiger charge is 2.17. The smallest absolute Gasteiger partial charge is 0.308 e. The Hall–Kier alpha value is -1.05. The molecule has 0 radical (unpaired) electrons. The van der Waals surface area contributed by atoms with Crippen molar-refractivity contribution >= 4 is 39.4 Å². The van der Waals surface area contributed by atoms with Gasteiger partial charge in [-0.15, -0.1) is 0 Å². The first-order valence-corrected chi connectivity index (χ1v) is 16.6. The zero-order valence-corrected chi connectivity index (χ0v) is 25.8. The molecule has 4 N–H and O–H groups in total. The van der Waals surface area contributed by atoms with Gasteiger partial charge in [0.1, 0.15) is 5.60 Å². The molecule has 228 valence electrons. The van der Waals surface area contributed by atoms with Crippen molar-refractivity contribution in [2.45, 2.75) is 95.5 Å². The largest absolute Gasteiger partial charge is 0.460 e. The molecule has 2 atom stereocenters. The molecule has 1 fully saturated rings. The quantitative estimate of drug-likeness (QED) is 0.0920. The van der Waals surface area contributed by atoms with Crippen LogP contribution in [0.3, 0.4) is 0 Å². The van der Waals surface area contributed by atoms with E-state index >= 15 is 0 Å². The van der Waals surface area contributed by atoms with E-state index in [2.05, 4.69) is 10.6 Å². The number of esters is 1. The van der Waals surface area contributed by atoms with Crippen LogP contribution in [0.15, 0.2) is 0 Å². The van der Waals surface area contributed by atoms with Gasteiger partial charge in [-0.2, -0.15) is 0 Å². The molecule has 1 rings (SSSR count). The zero-order valence-electron chi connectivity index (χ0n) is 24.1. The molecular formula is C27H51N3O7S2. The molecule has 2 unspecified atom stereocenters. The molecule has 0 spiro atoms. The lowest BCUT2D eigenvalue weighted by Crippen LogP contribution is -2.41. The molecule has 12 heteroatoms. The van der Waals surface area contributed by atoms with Gasteiger partial charge in [-0.25, -0.2) is 0 Å². The number of nitrogens with one attached hydrogen (secondary N) is 2. The third-order valence-electron chi connectivity index (χ3n) is 5.67. The molecule has 0 aromatic heterocycles. The predicted octanol–water partition coefficient (Wildman–Crippen LogP) is 3.21. The van der Waals surface area contributed by atoms with E-state index in [1.165, 1.54) is 18.6 Å². The monoisotopic (exact) mass is 593 g/mol. The fourth-order valence-electron chi connectivity index (χ4n) is 3.63. The molecular weight excluding hydrogens is 542 g/mol. The molecule has 1 heterocycles. The Morgan fingerprint density at radius 2 is 1.56 bits per heavy atom. The topological polar surface area (TPSA) is 138 Å². The SMILES string of the molecule is CC(C)(C)OC(=O)CCOCCOCCOCCNC(=O)C(N)CCCCNC(=O)CCCCC1CCSS1. The first kappa shape index (κ1) is 36.0. The minimum Gasteiger partial charge on any atom is -0.460 e. The maximum atomic E-state index is 12.1. The van der Waals surface area contributed by atoms with Crippen molar-refractivity contribution in [1.29, 1.82) is 0 Å². The standard InChI is InChI=1S/C27H51N3O7S2/c1-27(2,3)37-25(32)11-15-34-17-19-36-20-18-35-16-14-30-26(33)23(28)9-6-7-13-29-24(31)10-5-4-8-22-12-21-38-39-22/h22-23H,4-21,28H2,1-3H3,(H,29,31)(H,30,33). The van der Waals surface area contributed by atoms with Gasteiger partial charge in [-0.3, -0.25) is 14.4 Å². The summed E-state index contributed by atoms with van der Waals surface area (Å²) in [6.45, 7) is 8.79. The second kappa shape index (κ2) is 22.6. The van der Waals surface area contributed by atoms with Gasteiger partial charge in [0.2, 0.25) is 11.8 Å². The highest BCUT2D eigenvalue weighted by Crippen LogP contribution is 2.39. The van der Waals surface area contributed by atoms with Crippen LogP contribution >= 0.6 is 21.6 Å². The first-order chi connectivity index (χ1) is 18.7. The average molecular weight is 594 g/mol. The number of hydrogen-bond acceptors (Lipinski definition) is 10. The molecule has 0 saturated carbocycles. The fraction of sp³-hybridized carbons (Fsp3) is 0.889. The number of rotatable bonds is 23. The summed E-state index contributed by atoms with van der Waals surface area (Å²) in [5, 5.41) is 6.51. The second-order valence-electron chi connectivity index (χ2n) is 10.5. The number of nitrogens with two attached hydrogens (primary N) is 1. The number of amides is 2. The summed E-state index contributed by atoms with van der Waals surface area (Å²) in [6.07, 6.45) is 7.54. The van der Waals surface area contributed by atoms with Gasteiger partial charge in [0.25, 0.3) is 0 Å². The second-order valence-corrected chi connectivity index (χ2v) is 13.3. The lowest BCUT2D eigenvalue weighted by atomic mass is 10.1. The summed E-state index contributed by atoms with van der Waals surface area (Å²) in [4.78, 5) is 35.6. The van der Waals surface area contributed by atoms with Crippen LogP contribution in [0.5, 0.6) is 0 Å². The molecule has 0 aromatic rings. The minimum atomic E-state index is -0.564. The number of carbonyl (C=O) groups excluding carboxylic acids is 3.